The van der Waals surface area contributed by atoms with Gasteiger partial charge in [-0.25, -0.2) is 0 Å². The van der Waals surface area contributed by atoms with E-state index in [9.17, 15) is 14.9 Å². The topological polar surface area (TPSA) is 69.4 Å². The van der Waals surface area contributed by atoms with Crippen LogP contribution >= 0.6 is 0 Å². The molecule has 0 heterocycles. The molecule has 0 aliphatic rings. The summed E-state index contributed by atoms with van der Waals surface area (Å²) in [7, 11) is 0. The van der Waals surface area contributed by atoms with E-state index in [1.807, 2.05) is 30.3 Å². The molecule has 0 saturated carbocycles. The third-order valence-corrected chi connectivity index (χ3v) is 3.13. The lowest BCUT2D eigenvalue weighted by atomic mass is 9.93. The Balaban J connectivity index is 2.42. The summed E-state index contributed by atoms with van der Waals surface area (Å²) < 4.78 is 4.85. The smallest absolute Gasteiger partial charge is 0.305 e. The first-order valence-electron chi connectivity index (χ1n) is 6.95. The number of nitro groups is 1. The van der Waals surface area contributed by atoms with Crippen LogP contribution in [0.3, 0.4) is 0 Å². The molecule has 0 aliphatic carbocycles. The van der Waals surface area contributed by atoms with Crippen LogP contribution in [-0.4, -0.2) is 24.0 Å². The summed E-state index contributed by atoms with van der Waals surface area (Å²) in [5.74, 6) is -0.286. The van der Waals surface area contributed by atoms with E-state index >= 15 is 0 Å². The van der Waals surface area contributed by atoms with Crippen molar-refractivity contribution in [2.75, 3.05) is 13.2 Å². The second-order valence-corrected chi connectivity index (χ2v) is 4.67. The molecule has 0 spiro atoms. The van der Waals surface area contributed by atoms with Gasteiger partial charge < -0.3 is 4.74 Å². The number of hydrogen-bond donors (Lipinski definition) is 0. The fourth-order valence-electron chi connectivity index (χ4n) is 2.16. The van der Waals surface area contributed by atoms with Crippen molar-refractivity contribution in [3.63, 3.8) is 0 Å². The molecule has 1 unspecified atom stereocenters. The molecule has 1 rings (SSSR count). The molecule has 0 N–H and O–H groups in total. The predicted molar refractivity (Wildman–Crippen MR) is 76.1 cm³/mol. The van der Waals surface area contributed by atoms with Gasteiger partial charge in [-0.05, 0) is 25.3 Å². The minimum atomic E-state index is -0.275. The van der Waals surface area contributed by atoms with Gasteiger partial charge in [-0.2, -0.15) is 0 Å². The summed E-state index contributed by atoms with van der Waals surface area (Å²) >= 11 is 0. The van der Waals surface area contributed by atoms with Crippen LogP contribution in [0.25, 0.3) is 0 Å². The van der Waals surface area contributed by atoms with Crippen molar-refractivity contribution in [1.29, 1.82) is 0 Å². The quantitative estimate of drug-likeness (QED) is 0.301. The molecule has 0 saturated heterocycles. The highest BCUT2D eigenvalue weighted by atomic mass is 16.6. The zero-order valence-electron chi connectivity index (χ0n) is 11.8. The van der Waals surface area contributed by atoms with Gasteiger partial charge >= 0.3 is 5.97 Å². The first-order chi connectivity index (χ1) is 9.63. The largest absolute Gasteiger partial charge is 0.466 e. The van der Waals surface area contributed by atoms with E-state index in [0.29, 0.717) is 25.9 Å². The maximum Gasteiger partial charge on any atom is 0.305 e. The number of rotatable bonds is 9. The molecular formula is C15H21NO4. The van der Waals surface area contributed by atoms with Gasteiger partial charge in [0.2, 0.25) is 6.54 Å². The Hall–Kier alpha value is -1.91. The van der Waals surface area contributed by atoms with Crippen molar-refractivity contribution in [2.24, 2.45) is 0 Å². The van der Waals surface area contributed by atoms with Crippen molar-refractivity contribution in [3.8, 4) is 0 Å². The number of nitrogens with zero attached hydrogens (tertiary/aromatic N) is 1. The Bertz CT molecular complexity index is 419. The number of hydrogen-bond acceptors (Lipinski definition) is 4. The van der Waals surface area contributed by atoms with E-state index in [1.165, 1.54) is 0 Å². The van der Waals surface area contributed by atoms with Crippen LogP contribution in [0, 0.1) is 10.1 Å². The van der Waals surface area contributed by atoms with Crippen LogP contribution in [0.4, 0.5) is 0 Å². The summed E-state index contributed by atoms with van der Waals surface area (Å²) in [6.07, 6.45) is 2.59. The molecule has 1 atom stereocenters. The Morgan fingerprint density at radius 1 is 1.30 bits per heavy atom. The lowest BCUT2D eigenvalue weighted by molar-refractivity contribution is -0.483. The number of benzene rings is 1. The number of unbranched alkanes of at least 4 members (excludes halogenated alkanes) is 1. The maximum absolute atomic E-state index is 11.2. The molecule has 0 radical (unpaired) electrons. The first kappa shape index (κ1) is 16.1. The molecule has 0 aliphatic heterocycles. The summed E-state index contributed by atoms with van der Waals surface area (Å²) in [4.78, 5) is 21.7. The Kier molecular flexibility index (Phi) is 7.32. The standard InChI is InChI=1S/C15H21NO4/c1-2-20-15(17)11-7-6-10-14(12-16(18)19)13-8-4-3-5-9-13/h3-5,8-9,14H,2,6-7,10-12H2,1H3. The van der Waals surface area contributed by atoms with E-state index in [1.54, 1.807) is 6.92 Å². The van der Waals surface area contributed by atoms with Crippen molar-refractivity contribution < 1.29 is 14.5 Å². The highest BCUT2D eigenvalue weighted by Crippen LogP contribution is 2.22. The van der Waals surface area contributed by atoms with Gasteiger partial charge in [0.1, 0.15) is 0 Å². The van der Waals surface area contributed by atoms with Crippen LogP contribution in [0.5, 0.6) is 0 Å². The molecule has 1 aromatic carbocycles. The van der Waals surface area contributed by atoms with Crippen molar-refractivity contribution in [2.45, 2.75) is 38.5 Å². The van der Waals surface area contributed by atoms with Gasteiger partial charge in [-0.1, -0.05) is 36.8 Å². The minimum absolute atomic E-state index is 0.0661. The third kappa shape index (κ3) is 6.31. The molecule has 5 heteroatoms. The van der Waals surface area contributed by atoms with Crippen LogP contribution in [-0.2, 0) is 9.53 Å². The van der Waals surface area contributed by atoms with Gasteiger partial charge in [-0.3, -0.25) is 14.9 Å². The highest BCUT2D eigenvalue weighted by molar-refractivity contribution is 5.69. The van der Waals surface area contributed by atoms with Crippen molar-refractivity contribution in [1.82, 2.24) is 0 Å². The molecule has 0 amide bonds. The number of esters is 1. The Labute approximate surface area is 119 Å². The van der Waals surface area contributed by atoms with Crippen molar-refractivity contribution in [3.05, 3.63) is 46.0 Å². The van der Waals surface area contributed by atoms with Crippen LogP contribution in [0.1, 0.15) is 44.1 Å². The second-order valence-electron chi connectivity index (χ2n) is 4.67. The average Bonchev–Trinajstić information content (AvgIpc) is 2.43. The van der Waals surface area contributed by atoms with Crippen LogP contribution in [0.2, 0.25) is 0 Å². The Morgan fingerprint density at radius 2 is 2.00 bits per heavy atom. The highest BCUT2D eigenvalue weighted by Gasteiger charge is 2.17. The Morgan fingerprint density at radius 3 is 2.60 bits per heavy atom. The predicted octanol–water partition coefficient (Wildman–Crippen LogP) is 3.17. The molecule has 0 bridgehead atoms. The molecule has 0 fully saturated rings. The van der Waals surface area contributed by atoms with Crippen LogP contribution in [0.15, 0.2) is 30.3 Å². The van der Waals surface area contributed by atoms with Gasteiger partial charge in [-0.15, -0.1) is 0 Å². The van der Waals surface area contributed by atoms with E-state index in [4.69, 9.17) is 4.74 Å². The molecular weight excluding hydrogens is 258 g/mol. The molecule has 5 nitrogen and oxygen atoms in total. The molecule has 110 valence electrons. The summed E-state index contributed by atoms with van der Waals surface area (Å²) in [5.41, 5.74) is 0.986. The second kappa shape index (κ2) is 9.07. The third-order valence-electron chi connectivity index (χ3n) is 3.13. The summed E-state index contributed by atoms with van der Waals surface area (Å²) in [5, 5.41) is 10.7. The SMILES string of the molecule is CCOC(=O)CCCCC(C[N+](=O)[O-])c1ccccc1. The number of carbonyl (C=O) groups is 1. The lowest BCUT2D eigenvalue weighted by Crippen LogP contribution is -2.13. The van der Waals surface area contributed by atoms with Gasteiger partial charge in [0.05, 0.1) is 6.61 Å². The van der Waals surface area contributed by atoms with E-state index < -0.39 is 0 Å². The maximum atomic E-state index is 11.2. The monoisotopic (exact) mass is 279 g/mol. The molecule has 1 aromatic rings. The van der Waals surface area contributed by atoms with Gasteiger partial charge in [0.25, 0.3) is 0 Å². The van der Waals surface area contributed by atoms with Gasteiger partial charge in [0.15, 0.2) is 0 Å². The minimum Gasteiger partial charge on any atom is -0.466 e. The van der Waals surface area contributed by atoms with E-state index in [-0.39, 0.29) is 23.4 Å². The number of carbonyl (C=O) groups excluding carboxylic acids is 1. The van der Waals surface area contributed by atoms with Gasteiger partial charge in [0, 0.05) is 17.3 Å². The summed E-state index contributed by atoms with van der Waals surface area (Å²) in [6.45, 7) is 2.11. The fraction of sp³-hybridized carbons (Fsp3) is 0.533. The van der Waals surface area contributed by atoms with E-state index in [2.05, 4.69) is 0 Å². The van der Waals surface area contributed by atoms with Crippen LogP contribution < -0.4 is 0 Å². The molecule has 20 heavy (non-hydrogen) atoms. The average molecular weight is 279 g/mol. The zero-order chi connectivity index (χ0) is 14.8. The zero-order valence-corrected chi connectivity index (χ0v) is 11.8. The molecule has 0 aromatic heterocycles. The summed E-state index contributed by atoms with van der Waals surface area (Å²) in [6, 6.07) is 9.51. The van der Waals surface area contributed by atoms with Crippen molar-refractivity contribution >= 4 is 5.97 Å². The lowest BCUT2D eigenvalue weighted by Gasteiger charge is -2.12. The number of ether oxygens (including phenoxy) is 1. The fourth-order valence-corrected chi connectivity index (χ4v) is 2.16. The van der Waals surface area contributed by atoms with E-state index in [0.717, 1.165) is 12.0 Å². The normalized spacial score (nSPS) is 11.8. The first-order valence-corrected chi connectivity index (χ1v) is 6.95.